The third-order valence-corrected chi connectivity index (χ3v) is 4.27. The van der Waals surface area contributed by atoms with Crippen LogP contribution in [0.2, 0.25) is 0 Å². The van der Waals surface area contributed by atoms with E-state index in [1.54, 1.807) is 0 Å². The van der Waals surface area contributed by atoms with Gasteiger partial charge in [-0.25, -0.2) is 0 Å². The molecule has 1 N–H and O–H groups in total. The fourth-order valence-electron chi connectivity index (χ4n) is 1.91. The maximum atomic E-state index is 12.3. The van der Waals surface area contributed by atoms with Gasteiger partial charge in [-0.2, -0.15) is 0 Å². The van der Waals surface area contributed by atoms with Crippen LogP contribution in [0.4, 0.5) is 0 Å². The van der Waals surface area contributed by atoms with E-state index in [-0.39, 0.29) is 11.9 Å². The first kappa shape index (κ1) is 15.3. The van der Waals surface area contributed by atoms with Crippen LogP contribution >= 0.6 is 31.9 Å². The zero-order chi connectivity index (χ0) is 14.7. The van der Waals surface area contributed by atoms with Crippen molar-refractivity contribution in [2.75, 3.05) is 0 Å². The lowest BCUT2D eigenvalue weighted by molar-refractivity contribution is 0.0939. The molecule has 0 unspecified atom stereocenters. The summed E-state index contributed by atoms with van der Waals surface area (Å²) in [5, 5.41) is 3.01. The van der Waals surface area contributed by atoms with Gasteiger partial charge in [0.05, 0.1) is 11.6 Å². The second kappa shape index (κ2) is 6.55. The van der Waals surface area contributed by atoms with Crippen LogP contribution in [0.25, 0.3) is 0 Å². The van der Waals surface area contributed by atoms with Crippen molar-refractivity contribution in [3.05, 3.63) is 68.1 Å². The average Bonchev–Trinajstić information content (AvgIpc) is 2.39. The topological polar surface area (TPSA) is 29.1 Å². The highest BCUT2D eigenvalue weighted by atomic mass is 79.9. The Labute approximate surface area is 135 Å². The molecule has 0 saturated carbocycles. The monoisotopic (exact) mass is 395 g/mol. The van der Waals surface area contributed by atoms with Gasteiger partial charge in [0.1, 0.15) is 0 Å². The normalized spacial score (nSPS) is 12.0. The van der Waals surface area contributed by atoms with Crippen LogP contribution in [-0.4, -0.2) is 5.91 Å². The van der Waals surface area contributed by atoms with E-state index in [0.29, 0.717) is 5.56 Å². The van der Waals surface area contributed by atoms with Gasteiger partial charge in [-0.05, 0) is 65.2 Å². The summed E-state index contributed by atoms with van der Waals surface area (Å²) in [6, 6.07) is 13.6. The zero-order valence-corrected chi connectivity index (χ0v) is 14.5. The Balaban J connectivity index is 2.13. The molecule has 0 aliphatic carbocycles. The molecular weight excluding hydrogens is 382 g/mol. The molecule has 0 bridgehead atoms. The maximum Gasteiger partial charge on any atom is 0.252 e. The Kier molecular flexibility index (Phi) is 5.00. The van der Waals surface area contributed by atoms with Crippen molar-refractivity contribution >= 4 is 37.8 Å². The van der Waals surface area contributed by atoms with E-state index in [9.17, 15) is 4.79 Å². The number of carbonyl (C=O) groups is 1. The van der Waals surface area contributed by atoms with E-state index in [1.165, 1.54) is 0 Å². The number of halogens is 2. The molecule has 0 aliphatic heterocycles. The lowest BCUT2D eigenvalue weighted by Crippen LogP contribution is -2.26. The quantitative estimate of drug-likeness (QED) is 0.775. The van der Waals surface area contributed by atoms with Crippen molar-refractivity contribution in [2.24, 2.45) is 0 Å². The van der Waals surface area contributed by atoms with Gasteiger partial charge in [0, 0.05) is 8.95 Å². The van der Waals surface area contributed by atoms with Crippen molar-refractivity contribution < 1.29 is 4.79 Å². The molecule has 4 heteroatoms. The summed E-state index contributed by atoms with van der Waals surface area (Å²) in [6.07, 6.45) is 0. The third kappa shape index (κ3) is 3.70. The van der Waals surface area contributed by atoms with Gasteiger partial charge in [-0.3, -0.25) is 4.79 Å². The molecule has 0 aromatic heterocycles. The SMILES string of the molecule is Cc1ccc(C(=O)N[C@@H](C)c2ccc(Br)cc2)c(Br)c1. The minimum atomic E-state index is -0.0766. The second-order valence-electron chi connectivity index (χ2n) is 4.73. The molecular formula is C16H15Br2NO. The largest absolute Gasteiger partial charge is 0.345 e. The van der Waals surface area contributed by atoms with Crippen molar-refractivity contribution in [1.29, 1.82) is 0 Å². The molecule has 1 amide bonds. The molecule has 1 atom stereocenters. The van der Waals surface area contributed by atoms with Crippen molar-refractivity contribution in [1.82, 2.24) is 5.32 Å². The van der Waals surface area contributed by atoms with Crippen LogP contribution in [0.1, 0.15) is 34.5 Å². The molecule has 2 nitrogen and oxygen atoms in total. The van der Waals surface area contributed by atoms with Crippen LogP contribution < -0.4 is 5.32 Å². The fraction of sp³-hybridized carbons (Fsp3) is 0.188. The third-order valence-electron chi connectivity index (χ3n) is 3.09. The van der Waals surface area contributed by atoms with Crippen LogP contribution in [0.3, 0.4) is 0 Å². The van der Waals surface area contributed by atoms with Gasteiger partial charge < -0.3 is 5.32 Å². The molecule has 2 aromatic rings. The maximum absolute atomic E-state index is 12.3. The number of benzene rings is 2. The summed E-state index contributed by atoms with van der Waals surface area (Å²) in [5.74, 6) is -0.0766. The summed E-state index contributed by atoms with van der Waals surface area (Å²) in [7, 11) is 0. The van der Waals surface area contributed by atoms with E-state index in [2.05, 4.69) is 37.2 Å². The van der Waals surface area contributed by atoms with Crippen molar-refractivity contribution in [2.45, 2.75) is 19.9 Å². The van der Waals surface area contributed by atoms with E-state index in [0.717, 1.165) is 20.1 Å². The van der Waals surface area contributed by atoms with Crippen molar-refractivity contribution in [3.8, 4) is 0 Å². The van der Waals surface area contributed by atoms with E-state index in [1.807, 2.05) is 56.3 Å². The highest BCUT2D eigenvalue weighted by Crippen LogP contribution is 2.21. The number of rotatable bonds is 3. The molecule has 2 rings (SSSR count). The highest BCUT2D eigenvalue weighted by Gasteiger charge is 2.13. The van der Waals surface area contributed by atoms with Crippen LogP contribution in [-0.2, 0) is 0 Å². The summed E-state index contributed by atoms with van der Waals surface area (Å²) in [4.78, 5) is 12.3. The van der Waals surface area contributed by atoms with E-state index in [4.69, 9.17) is 0 Å². The molecule has 2 aromatic carbocycles. The number of carbonyl (C=O) groups excluding carboxylic acids is 1. The lowest BCUT2D eigenvalue weighted by Gasteiger charge is -2.15. The Morgan fingerprint density at radius 3 is 2.35 bits per heavy atom. The lowest BCUT2D eigenvalue weighted by atomic mass is 10.1. The molecule has 0 radical (unpaired) electrons. The highest BCUT2D eigenvalue weighted by molar-refractivity contribution is 9.10. The predicted octanol–water partition coefficient (Wildman–Crippen LogP) is 5.01. The fourth-order valence-corrected chi connectivity index (χ4v) is 2.85. The Morgan fingerprint density at radius 2 is 1.75 bits per heavy atom. The molecule has 0 spiro atoms. The molecule has 20 heavy (non-hydrogen) atoms. The first-order valence-corrected chi connectivity index (χ1v) is 7.88. The number of nitrogens with one attached hydrogen (secondary N) is 1. The summed E-state index contributed by atoms with van der Waals surface area (Å²) >= 11 is 6.84. The Hall–Kier alpha value is -1.13. The van der Waals surface area contributed by atoms with Gasteiger partial charge in [0.15, 0.2) is 0 Å². The van der Waals surface area contributed by atoms with Gasteiger partial charge >= 0.3 is 0 Å². The first-order chi connectivity index (χ1) is 9.47. The number of hydrogen-bond donors (Lipinski definition) is 1. The molecule has 0 saturated heterocycles. The van der Waals surface area contributed by atoms with Gasteiger partial charge in [-0.15, -0.1) is 0 Å². The van der Waals surface area contributed by atoms with Gasteiger partial charge in [0.25, 0.3) is 5.91 Å². The van der Waals surface area contributed by atoms with Crippen LogP contribution in [0.15, 0.2) is 51.4 Å². The zero-order valence-electron chi connectivity index (χ0n) is 11.3. The summed E-state index contributed by atoms with van der Waals surface area (Å²) in [5.41, 5.74) is 2.85. The first-order valence-electron chi connectivity index (χ1n) is 6.30. The minimum absolute atomic E-state index is 0.0381. The molecule has 104 valence electrons. The average molecular weight is 397 g/mol. The number of hydrogen-bond acceptors (Lipinski definition) is 1. The van der Waals surface area contributed by atoms with E-state index >= 15 is 0 Å². The number of aryl methyl sites for hydroxylation is 1. The number of amides is 1. The Morgan fingerprint density at radius 1 is 1.10 bits per heavy atom. The summed E-state index contributed by atoms with van der Waals surface area (Å²) in [6.45, 7) is 3.97. The summed E-state index contributed by atoms with van der Waals surface area (Å²) < 4.78 is 1.85. The van der Waals surface area contributed by atoms with E-state index < -0.39 is 0 Å². The molecule has 0 fully saturated rings. The minimum Gasteiger partial charge on any atom is -0.345 e. The van der Waals surface area contributed by atoms with Crippen LogP contribution in [0, 0.1) is 6.92 Å². The van der Waals surface area contributed by atoms with Gasteiger partial charge in [0.2, 0.25) is 0 Å². The second-order valence-corrected chi connectivity index (χ2v) is 6.50. The van der Waals surface area contributed by atoms with Gasteiger partial charge in [-0.1, -0.05) is 34.1 Å². The van der Waals surface area contributed by atoms with Crippen LogP contribution in [0.5, 0.6) is 0 Å². The Bertz CT molecular complexity index is 623. The predicted molar refractivity (Wildman–Crippen MR) is 88.9 cm³/mol. The molecule has 0 heterocycles. The van der Waals surface area contributed by atoms with Crippen molar-refractivity contribution in [3.63, 3.8) is 0 Å². The smallest absolute Gasteiger partial charge is 0.252 e. The standard InChI is InChI=1S/C16H15Br2NO/c1-10-3-8-14(15(18)9-10)16(20)19-11(2)12-4-6-13(17)7-5-12/h3-9,11H,1-2H3,(H,19,20)/t11-/m0/s1. The molecule has 0 aliphatic rings.